The Morgan fingerprint density at radius 1 is 1.44 bits per heavy atom. The fourth-order valence-corrected chi connectivity index (χ4v) is 2.30. The zero-order chi connectivity index (χ0) is 11.5. The van der Waals surface area contributed by atoms with Crippen molar-refractivity contribution < 1.29 is 4.42 Å². The average Bonchev–Trinajstić information content (AvgIpc) is 2.83. The fraction of sp³-hybridized carbons (Fsp3) is 0.273. The second kappa shape index (κ2) is 4.82. The highest BCUT2D eigenvalue weighted by Gasteiger charge is 2.12. The highest BCUT2D eigenvalue weighted by molar-refractivity contribution is 14.1. The summed E-state index contributed by atoms with van der Waals surface area (Å²) in [6.07, 6.45) is 2.50. The van der Waals surface area contributed by atoms with Crippen LogP contribution in [0.5, 0.6) is 0 Å². The van der Waals surface area contributed by atoms with Crippen molar-refractivity contribution >= 4 is 28.4 Å². The van der Waals surface area contributed by atoms with Crippen LogP contribution in [0, 0.1) is 3.57 Å². The Morgan fingerprint density at radius 3 is 2.81 bits per heavy atom. The zero-order valence-electron chi connectivity index (χ0n) is 9.12. The van der Waals surface area contributed by atoms with Gasteiger partial charge in [-0.25, -0.2) is 9.97 Å². The molecule has 4 nitrogen and oxygen atoms in total. The second-order valence-electron chi connectivity index (χ2n) is 3.24. The van der Waals surface area contributed by atoms with Crippen LogP contribution >= 0.6 is 22.6 Å². The van der Waals surface area contributed by atoms with E-state index in [4.69, 9.17) is 4.42 Å². The summed E-state index contributed by atoms with van der Waals surface area (Å²) in [6.45, 7) is 2.08. The smallest absolute Gasteiger partial charge is 0.197 e. The first kappa shape index (κ1) is 11.4. The van der Waals surface area contributed by atoms with E-state index in [2.05, 4.69) is 44.8 Å². The molecule has 16 heavy (non-hydrogen) atoms. The Labute approximate surface area is 108 Å². The van der Waals surface area contributed by atoms with Crippen LogP contribution in [0.3, 0.4) is 0 Å². The van der Waals surface area contributed by atoms with Crippen molar-refractivity contribution in [3.8, 4) is 11.6 Å². The van der Waals surface area contributed by atoms with Crippen molar-refractivity contribution in [1.29, 1.82) is 0 Å². The lowest BCUT2D eigenvalue weighted by molar-refractivity contribution is 0.576. The summed E-state index contributed by atoms with van der Waals surface area (Å²) in [5.74, 6) is 2.17. The molecule has 0 saturated carbocycles. The zero-order valence-corrected chi connectivity index (χ0v) is 11.3. The quantitative estimate of drug-likeness (QED) is 0.880. The summed E-state index contributed by atoms with van der Waals surface area (Å²) in [6, 6.07) is 3.70. The lowest BCUT2D eigenvalue weighted by atomic mass is 10.3. The van der Waals surface area contributed by atoms with Gasteiger partial charge in [0.25, 0.3) is 0 Å². The fourth-order valence-electron chi connectivity index (χ4n) is 1.41. The topological polar surface area (TPSA) is 51.0 Å². The summed E-state index contributed by atoms with van der Waals surface area (Å²) in [5, 5.41) is 3.07. The van der Waals surface area contributed by atoms with E-state index in [1.165, 1.54) is 0 Å². The molecule has 0 bridgehead atoms. The minimum absolute atomic E-state index is 0.631. The number of aromatic nitrogens is 2. The van der Waals surface area contributed by atoms with E-state index in [0.29, 0.717) is 11.6 Å². The lowest BCUT2D eigenvalue weighted by Crippen LogP contribution is -2.04. The van der Waals surface area contributed by atoms with Gasteiger partial charge < -0.3 is 9.73 Å². The molecule has 2 aromatic heterocycles. The second-order valence-corrected chi connectivity index (χ2v) is 4.32. The van der Waals surface area contributed by atoms with Gasteiger partial charge in [0, 0.05) is 7.05 Å². The molecule has 1 N–H and O–H groups in total. The SMILES string of the molecule is CCc1nc(-c2ccco2)nc(NC)c1I. The first-order valence-electron chi connectivity index (χ1n) is 5.04. The highest BCUT2D eigenvalue weighted by atomic mass is 127. The molecule has 0 aliphatic rings. The molecule has 0 saturated heterocycles. The van der Waals surface area contributed by atoms with E-state index >= 15 is 0 Å². The van der Waals surface area contributed by atoms with Crippen molar-refractivity contribution in [3.63, 3.8) is 0 Å². The number of nitrogens with one attached hydrogen (secondary N) is 1. The minimum Gasteiger partial charge on any atom is -0.461 e. The largest absolute Gasteiger partial charge is 0.461 e. The van der Waals surface area contributed by atoms with Gasteiger partial charge in [0.2, 0.25) is 0 Å². The molecule has 2 rings (SSSR count). The molecule has 0 atom stereocenters. The maximum atomic E-state index is 5.30. The van der Waals surface area contributed by atoms with Crippen LogP contribution in [0.15, 0.2) is 22.8 Å². The monoisotopic (exact) mass is 329 g/mol. The van der Waals surface area contributed by atoms with Gasteiger partial charge in [0.1, 0.15) is 5.82 Å². The molecular formula is C11H12IN3O. The third-order valence-corrected chi connectivity index (χ3v) is 3.37. The van der Waals surface area contributed by atoms with E-state index in [1.807, 2.05) is 19.2 Å². The van der Waals surface area contributed by atoms with Crippen molar-refractivity contribution in [2.24, 2.45) is 0 Å². The number of hydrogen-bond acceptors (Lipinski definition) is 4. The van der Waals surface area contributed by atoms with E-state index in [0.717, 1.165) is 21.5 Å². The molecule has 0 amide bonds. The maximum Gasteiger partial charge on any atom is 0.197 e. The first-order chi connectivity index (χ1) is 7.76. The summed E-state index contributed by atoms with van der Waals surface area (Å²) in [7, 11) is 1.86. The van der Waals surface area contributed by atoms with Crippen LogP contribution in [0.1, 0.15) is 12.6 Å². The Morgan fingerprint density at radius 2 is 2.25 bits per heavy atom. The van der Waals surface area contributed by atoms with Crippen molar-refractivity contribution in [1.82, 2.24) is 9.97 Å². The molecule has 0 unspecified atom stereocenters. The van der Waals surface area contributed by atoms with Gasteiger partial charge in [-0.15, -0.1) is 0 Å². The molecule has 2 aromatic rings. The van der Waals surface area contributed by atoms with E-state index in [1.54, 1.807) is 6.26 Å². The van der Waals surface area contributed by atoms with Crippen molar-refractivity contribution in [3.05, 3.63) is 27.7 Å². The van der Waals surface area contributed by atoms with E-state index in [9.17, 15) is 0 Å². The Balaban J connectivity index is 2.56. The summed E-state index contributed by atoms with van der Waals surface area (Å²) < 4.78 is 6.37. The standard InChI is InChI=1S/C11H12IN3O/c1-3-7-9(12)11(13-2)15-10(14-7)8-5-4-6-16-8/h4-6H,3H2,1-2H3,(H,13,14,15). The van der Waals surface area contributed by atoms with Gasteiger partial charge in [-0.3, -0.25) is 0 Å². The first-order valence-corrected chi connectivity index (χ1v) is 6.12. The molecule has 0 fully saturated rings. The third kappa shape index (κ3) is 2.04. The van der Waals surface area contributed by atoms with Crippen LogP contribution in [0.25, 0.3) is 11.6 Å². The predicted octanol–water partition coefficient (Wildman–Crippen LogP) is 2.95. The summed E-state index contributed by atoms with van der Waals surface area (Å²) in [4.78, 5) is 8.91. The van der Waals surface area contributed by atoms with Crippen LogP contribution in [-0.4, -0.2) is 17.0 Å². The Bertz CT molecular complexity index is 457. The molecule has 0 aliphatic heterocycles. The lowest BCUT2D eigenvalue weighted by Gasteiger charge is -2.08. The number of aryl methyl sites for hydroxylation is 1. The average molecular weight is 329 g/mol. The number of hydrogen-bond donors (Lipinski definition) is 1. The van der Waals surface area contributed by atoms with Crippen LogP contribution in [0.2, 0.25) is 0 Å². The van der Waals surface area contributed by atoms with E-state index < -0.39 is 0 Å². The van der Waals surface area contributed by atoms with Gasteiger partial charge in [0.15, 0.2) is 11.6 Å². The van der Waals surface area contributed by atoms with E-state index in [-0.39, 0.29) is 0 Å². The molecule has 84 valence electrons. The van der Waals surface area contributed by atoms with Gasteiger partial charge >= 0.3 is 0 Å². The summed E-state index contributed by atoms with van der Waals surface area (Å²) in [5.41, 5.74) is 1.03. The summed E-state index contributed by atoms with van der Waals surface area (Å²) >= 11 is 2.26. The number of halogens is 1. The normalized spacial score (nSPS) is 10.4. The number of nitrogens with zero attached hydrogens (tertiary/aromatic N) is 2. The molecule has 5 heteroatoms. The Kier molecular flexibility index (Phi) is 3.42. The van der Waals surface area contributed by atoms with Crippen molar-refractivity contribution in [2.75, 3.05) is 12.4 Å². The van der Waals surface area contributed by atoms with Gasteiger partial charge in [-0.2, -0.15) is 0 Å². The highest BCUT2D eigenvalue weighted by Crippen LogP contribution is 2.24. The molecule has 0 aliphatic carbocycles. The number of rotatable bonds is 3. The maximum absolute atomic E-state index is 5.30. The van der Waals surface area contributed by atoms with Crippen LogP contribution in [0.4, 0.5) is 5.82 Å². The molecule has 0 aromatic carbocycles. The van der Waals surface area contributed by atoms with Gasteiger partial charge in [-0.05, 0) is 41.1 Å². The van der Waals surface area contributed by atoms with Crippen LogP contribution in [-0.2, 0) is 6.42 Å². The molecule has 0 spiro atoms. The van der Waals surface area contributed by atoms with Crippen molar-refractivity contribution in [2.45, 2.75) is 13.3 Å². The predicted molar refractivity (Wildman–Crippen MR) is 71.4 cm³/mol. The third-order valence-electron chi connectivity index (χ3n) is 2.23. The minimum atomic E-state index is 0.631. The number of anilines is 1. The Hall–Kier alpha value is -1.11. The van der Waals surface area contributed by atoms with Gasteiger partial charge in [-0.1, -0.05) is 6.92 Å². The van der Waals surface area contributed by atoms with Crippen LogP contribution < -0.4 is 5.32 Å². The molecule has 2 heterocycles. The number of furan rings is 1. The molecule has 0 radical (unpaired) electrons. The van der Waals surface area contributed by atoms with Gasteiger partial charge in [0.05, 0.1) is 15.5 Å². The molecular weight excluding hydrogens is 317 g/mol.